The molecule has 21 heavy (non-hydrogen) atoms. The molecule has 0 aliphatic rings. The minimum absolute atomic E-state index is 0.146. The average Bonchev–Trinajstić information content (AvgIpc) is 2.79. The van der Waals surface area contributed by atoms with Gasteiger partial charge in [-0.2, -0.15) is 13.5 Å². The second-order valence-corrected chi connectivity index (χ2v) is 6.73. The third-order valence-corrected chi connectivity index (χ3v) is 4.98. The van der Waals surface area contributed by atoms with Crippen LogP contribution in [0.25, 0.3) is 11.0 Å². The van der Waals surface area contributed by atoms with Gasteiger partial charge in [0.1, 0.15) is 11.5 Å². The maximum Gasteiger partial charge on any atom is 0.284 e. The molecule has 0 aliphatic carbocycles. The predicted molar refractivity (Wildman–Crippen MR) is 78.8 cm³/mol. The second kappa shape index (κ2) is 4.78. The Morgan fingerprint density at radius 2 is 1.76 bits per heavy atom. The lowest BCUT2D eigenvalue weighted by atomic mass is 10.2. The fourth-order valence-corrected chi connectivity index (χ4v) is 3.56. The van der Waals surface area contributed by atoms with Gasteiger partial charge in [0, 0.05) is 0 Å². The van der Waals surface area contributed by atoms with Crippen LogP contribution < -0.4 is 0 Å². The zero-order chi connectivity index (χ0) is 15.2. The third kappa shape index (κ3) is 2.18. The Morgan fingerprint density at radius 1 is 1.10 bits per heavy atom. The number of aromatic nitrogens is 4. The first-order chi connectivity index (χ1) is 9.91. The topological polar surface area (TPSA) is 77.7 Å². The van der Waals surface area contributed by atoms with Crippen LogP contribution >= 0.6 is 11.6 Å². The van der Waals surface area contributed by atoms with Crippen LogP contribution in [0.4, 0.5) is 0 Å². The van der Waals surface area contributed by atoms with Crippen LogP contribution in [-0.2, 0) is 10.0 Å². The highest BCUT2D eigenvalue weighted by Gasteiger charge is 2.24. The van der Waals surface area contributed by atoms with Crippen LogP contribution in [0.15, 0.2) is 35.5 Å². The normalized spacial score (nSPS) is 12.0. The van der Waals surface area contributed by atoms with Gasteiger partial charge in [0.25, 0.3) is 10.0 Å². The van der Waals surface area contributed by atoms with Gasteiger partial charge in [-0.1, -0.05) is 29.3 Å². The lowest BCUT2D eigenvalue weighted by molar-refractivity contribution is 0.581. The summed E-state index contributed by atoms with van der Waals surface area (Å²) in [5, 5.41) is 4.69. The highest BCUT2D eigenvalue weighted by Crippen LogP contribution is 2.25. The van der Waals surface area contributed by atoms with Gasteiger partial charge < -0.3 is 0 Å². The minimum Gasteiger partial charge on any atom is -0.224 e. The summed E-state index contributed by atoms with van der Waals surface area (Å²) in [5.74, 6) is 0. The van der Waals surface area contributed by atoms with Crippen molar-refractivity contribution in [3.8, 4) is 0 Å². The van der Waals surface area contributed by atoms with Gasteiger partial charge in [-0.25, -0.2) is 9.97 Å². The molecule has 3 aromatic rings. The quantitative estimate of drug-likeness (QED) is 0.677. The number of hydrogen-bond acceptors (Lipinski definition) is 5. The molecule has 1 aromatic carbocycles. The van der Waals surface area contributed by atoms with Crippen LogP contribution in [0, 0.1) is 13.8 Å². The number of halogens is 1. The van der Waals surface area contributed by atoms with E-state index in [9.17, 15) is 8.42 Å². The molecular weight excluding hydrogens is 312 g/mol. The van der Waals surface area contributed by atoms with Crippen molar-refractivity contribution < 1.29 is 8.42 Å². The molecule has 3 rings (SSSR count). The first-order valence-electron chi connectivity index (χ1n) is 6.09. The molecule has 0 unspecified atom stereocenters. The van der Waals surface area contributed by atoms with E-state index in [-0.39, 0.29) is 15.7 Å². The summed E-state index contributed by atoms with van der Waals surface area (Å²) in [5.41, 5.74) is 1.61. The Morgan fingerprint density at radius 3 is 2.43 bits per heavy atom. The lowest BCUT2D eigenvalue weighted by Gasteiger charge is -2.05. The zero-order valence-corrected chi connectivity index (χ0v) is 12.9. The Kier molecular flexibility index (Phi) is 3.18. The molecule has 0 spiro atoms. The van der Waals surface area contributed by atoms with Crippen molar-refractivity contribution in [1.82, 2.24) is 19.2 Å². The Balaban J connectivity index is 2.29. The molecule has 0 saturated carbocycles. The van der Waals surface area contributed by atoms with E-state index in [1.165, 1.54) is 18.5 Å². The average molecular weight is 323 g/mol. The summed E-state index contributed by atoms with van der Waals surface area (Å²) in [7, 11) is -3.82. The maximum atomic E-state index is 12.7. The molecule has 8 heteroatoms. The Bertz CT molecular complexity index is 933. The van der Waals surface area contributed by atoms with Gasteiger partial charge in [0.15, 0.2) is 5.65 Å². The summed E-state index contributed by atoms with van der Waals surface area (Å²) in [4.78, 5) is 8.00. The molecule has 6 nitrogen and oxygen atoms in total. The Hall–Kier alpha value is -1.99. The van der Waals surface area contributed by atoms with Crippen molar-refractivity contribution in [2.24, 2.45) is 0 Å². The standard InChI is InChI=1S/C13H11ClN4O2S/c1-8-3-5-10(6-4-8)21(19,20)18-13-11(9(2)17-18)12(14)15-7-16-13/h3-7H,1-2H3. The molecule has 0 atom stereocenters. The molecule has 0 bridgehead atoms. The van der Waals surface area contributed by atoms with E-state index in [0.717, 1.165) is 9.65 Å². The number of nitrogens with zero attached hydrogens (tertiary/aromatic N) is 4. The van der Waals surface area contributed by atoms with Crippen molar-refractivity contribution in [3.63, 3.8) is 0 Å². The van der Waals surface area contributed by atoms with Crippen molar-refractivity contribution >= 4 is 32.7 Å². The number of benzene rings is 1. The van der Waals surface area contributed by atoms with Gasteiger partial charge in [-0.05, 0) is 26.0 Å². The van der Waals surface area contributed by atoms with Gasteiger partial charge >= 0.3 is 0 Å². The molecule has 108 valence electrons. The lowest BCUT2D eigenvalue weighted by Crippen LogP contribution is -2.15. The van der Waals surface area contributed by atoms with E-state index < -0.39 is 10.0 Å². The molecule has 0 amide bonds. The van der Waals surface area contributed by atoms with E-state index in [2.05, 4.69) is 15.1 Å². The van der Waals surface area contributed by atoms with Crippen LogP contribution in [0.3, 0.4) is 0 Å². The highest BCUT2D eigenvalue weighted by molar-refractivity contribution is 7.90. The van der Waals surface area contributed by atoms with Crippen molar-refractivity contribution in [2.45, 2.75) is 18.7 Å². The number of rotatable bonds is 2. The second-order valence-electron chi connectivity index (χ2n) is 4.61. The summed E-state index contributed by atoms with van der Waals surface area (Å²) in [6.07, 6.45) is 1.22. The summed E-state index contributed by atoms with van der Waals surface area (Å²) < 4.78 is 26.3. The van der Waals surface area contributed by atoms with E-state index in [4.69, 9.17) is 11.6 Å². The molecule has 0 saturated heterocycles. The zero-order valence-electron chi connectivity index (χ0n) is 11.3. The van der Waals surface area contributed by atoms with Crippen LogP contribution in [0.1, 0.15) is 11.3 Å². The Labute approximate surface area is 126 Å². The molecule has 0 N–H and O–H groups in total. The smallest absolute Gasteiger partial charge is 0.224 e. The van der Waals surface area contributed by atoms with E-state index in [1.54, 1.807) is 19.1 Å². The minimum atomic E-state index is -3.82. The van der Waals surface area contributed by atoms with Gasteiger partial charge in [-0.3, -0.25) is 0 Å². The van der Waals surface area contributed by atoms with Crippen molar-refractivity contribution in [2.75, 3.05) is 0 Å². The number of aryl methyl sites for hydroxylation is 2. The molecule has 0 radical (unpaired) electrons. The van der Waals surface area contributed by atoms with Crippen molar-refractivity contribution in [3.05, 3.63) is 47.0 Å². The van der Waals surface area contributed by atoms with E-state index in [1.807, 2.05) is 6.92 Å². The molecular formula is C13H11ClN4O2S. The molecule has 2 heterocycles. The van der Waals surface area contributed by atoms with E-state index >= 15 is 0 Å². The SMILES string of the molecule is Cc1ccc(S(=O)(=O)n2nc(C)c3c(Cl)ncnc32)cc1. The first kappa shape index (κ1) is 14.0. The highest BCUT2D eigenvalue weighted by atomic mass is 35.5. The van der Waals surface area contributed by atoms with Crippen LogP contribution in [0.5, 0.6) is 0 Å². The third-order valence-electron chi connectivity index (χ3n) is 3.11. The summed E-state index contributed by atoms with van der Waals surface area (Å²) >= 11 is 5.99. The van der Waals surface area contributed by atoms with Gasteiger partial charge in [-0.15, -0.1) is 4.09 Å². The number of hydrogen-bond donors (Lipinski definition) is 0. The summed E-state index contributed by atoms with van der Waals surface area (Å²) in [6, 6.07) is 6.54. The first-order valence-corrected chi connectivity index (χ1v) is 7.91. The van der Waals surface area contributed by atoms with E-state index in [0.29, 0.717) is 11.1 Å². The van der Waals surface area contributed by atoms with Crippen molar-refractivity contribution in [1.29, 1.82) is 0 Å². The number of fused-ring (bicyclic) bond motifs is 1. The van der Waals surface area contributed by atoms with Crippen LogP contribution in [0.2, 0.25) is 5.15 Å². The monoisotopic (exact) mass is 322 g/mol. The summed E-state index contributed by atoms with van der Waals surface area (Å²) in [6.45, 7) is 3.55. The molecule has 0 fully saturated rings. The van der Waals surface area contributed by atoms with Gasteiger partial charge in [0.05, 0.1) is 16.0 Å². The maximum absolute atomic E-state index is 12.7. The van der Waals surface area contributed by atoms with Crippen LogP contribution in [-0.4, -0.2) is 27.6 Å². The largest absolute Gasteiger partial charge is 0.284 e. The van der Waals surface area contributed by atoms with Gasteiger partial charge in [0.2, 0.25) is 0 Å². The fraction of sp³-hybridized carbons (Fsp3) is 0.154. The molecule has 2 aromatic heterocycles. The fourth-order valence-electron chi connectivity index (χ4n) is 2.02. The predicted octanol–water partition coefficient (Wildman–Crippen LogP) is 2.33. The molecule has 0 aliphatic heterocycles.